The minimum Gasteiger partial charge on any atom is -0.445 e. The molecule has 0 saturated carbocycles. The fourth-order valence-electron chi connectivity index (χ4n) is 7.89. The molecule has 2 aliphatic heterocycles. The van der Waals surface area contributed by atoms with E-state index >= 15 is 0 Å². The largest absolute Gasteiger partial charge is 0.445 e. The van der Waals surface area contributed by atoms with Crippen molar-refractivity contribution in [3.63, 3.8) is 0 Å². The van der Waals surface area contributed by atoms with Crippen LogP contribution in [0.2, 0.25) is 0 Å². The number of thioether (sulfide) groups is 1. The lowest BCUT2D eigenvalue weighted by atomic mass is 9.99. The van der Waals surface area contributed by atoms with Gasteiger partial charge in [0.15, 0.2) is 12.1 Å². The molecule has 322 valence electrons. The summed E-state index contributed by atoms with van der Waals surface area (Å²) in [6.07, 6.45) is -1.57. The van der Waals surface area contributed by atoms with Gasteiger partial charge < -0.3 is 29.1 Å². The number of aliphatic hydroxyl groups is 1. The summed E-state index contributed by atoms with van der Waals surface area (Å²) in [5, 5.41) is 12.8. The van der Waals surface area contributed by atoms with Crippen LogP contribution in [0.1, 0.15) is 53.1 Å². The Balaban J connectivity index is 0.905. The van der Waals surface area contributed by atoms with Crippen molar-refractivity contribution in [2.45, 2.75) is 62.4 Å². The lowest BCUT2D eigenvalue weighted by Gasteiger charge is -2.36. The molecular formula is C52H45N3O8S. The van der Waals surface area contributed by atoms with Crippen molar-refractivity contribution < 1.29 is 38.1 Å². The molecular weight excluding hydrogens is 827 g/mol. The molecule has 7 aromatic rings. The fraction of sp³-hybridized carbons (Fsp3) is 0.192. The molecule has 6 aromatic carbocycles. The third-order valence-corrected chi connectivity index (χ3v) is 12.2. The van der Waals surface area contributed by atoms with Crippen LogP contribution in [-0.2, 0) is 43.6 Å². The van der Waals surface area contributed by atoms with Gasteiger partial charge in [-0.2, -0.15) is 0 Å². The summed E-state index contributed by atoms with van der Waals surface area (Å²) in [7, 11) is 0. The van der Waals surface area contributed by atoms with Crippen LogP contribution >= 0.6 is 11.8 Å². The summed E-state index contributed by atoms with van der Waals surface area (Å²) in [6, 6.07) is 51.6. The van der Waals surface area contributed by atoms with E-state index < -0.39 is 24.3 Å². The second-order valence-electron chi connectivity index (χ2n) is 15.7. The Morgan fingerprint density at radius 1 is 0.719 bits per heavy atom. The van der Waals surface area contributed by atoms with Gasteiger partial charge in [0.25, 0.3) is 11.1 Å². The molecule has 0 spiro atoms. The Kier molecular flexibility index (Phi) is 13.1. The number of carbonyl (C=O) groups is 3. The van der Waals surface area contributed by atoms with Crippen molar-refractivity contribution in [3.8, 4) is 33.7 Å². The second kappa shape index (κ2) is 19.7. The number of oxazole rings is 1. The summed E-state index contributed by atoms with van der Waals surface area (Å²) in [5.74, 6) is 0.403. The lowest BCUT2D eigenvalue weighted by Crippen LogP contribution is -2.41. The van der Waals surface area contributed by atoms with E-state index in [0.29, 0.717) is 23.2 Å². The van der Waals surface area contributed by atoms with Crippen LogP contribution in [0.4, 0.5) is 4.79 Å². The zero-order valence-corrected chi connectivity index (χ0v) is 35.6. The number of hydrogen-bond donors (Lipinski definition) is 2. The topological polar surface area (TPSA) is 140 Å². The van der Waals surface area contributed by atoms with Crippen molar-refractivity contribution in [1.29, 1.82) is 0 Å². The van der Waals surface area contributed by atoms with Crippen LogP contribution in [-0.4, -0.2) is 50.8 Å². The summed E-state index contributed by atoms with van der Waals surface area (Å²) in [5.41, 5.74) is 8.64. The van der Waals surface area contributed by atoms with Crippen molar-refractivity contribution in [3.05, 3.63) is 192 Å². The summed E-state index contributed by atoms with van der Waals surface area (Å²) >= 11 is 1.50. The highest BCUT2D eigenvalue weighted by molar-refractivity contribution is 7.99. The van der Waals surface area contributed by atoms with Crippen molar-refractivity contribution in [2.75, 3.05) is 5.75 Å². The lowest BCUT2D eigenvalue weighted by molar-refractivity contribution is -0.245. The van der Waals surface area contributed by atoms with E-state index in [2.05, 4.69) is 5.32 Å². The number of nitrogens with zero attached hydrogens (tertiary/aromatic N) is 2. The average molecular weight is 872 g/mol. The normalized spacial score (nSPS) is 18.5. The van der Waals surface area contributed by atoms with Gasteiger partial charge in [-0.05, 0) is 45.5 Å². The predicted octanol–water partition coefficient (Wildman–Crippen LogP) is 10.1. The maximum absolute atomic E-state index is 13.3. The zero-order chi connectivity index (χ0) is 43.8. The number of aliphatic hydroxyl groups excluding tert-OH is 1. The molecule has 64 heavy (non-hydrogen) atoms. The molecule has 2 fully saturated rings. The smallest absolute Gasteiger partial charge is 0.408 e. The van der Waals surface area contributed by atoms with E-state index in [0.717, 1.165) is 55.8 Å². The molecule has 12 heteroatoms. The van der Waals surface area contributed by atoms with Gasteiger partial charge in [-0.3, -0.25) is 14.5 Å². The van der Waals surface area contributed by atoms with Gasteiger partial charge >= 0.3 is 6.09 Å². The van der Waals surface area contributed by atoms with Crippen LogP contribution in [0, 0.1) is 0 Å². The van der Waals surface area contributed by atoms with Gasteiger partial charge in [-0.25, -0.2) is 9.78 Å². The van der Waals surface area contributed by atoms with Gasteiger partial charge in [-0.15, -0.1) is 0 Å². The number of imide groups is 1. The van der Waals surface area contributed by atoms with E-state index in [9.17, 15) is 19.5 Å². The number of nitrogens with one attached hydrogen (secondary N) is 1. The molecule has 0 aliphatic carbocycles. The third-order valence-electron chi connectivity index (χ3n) is 11.2. The second-order valence-corrected chi connectivity index (χ2v) is 16.6. The molecule has 9 rings (SSSR count). The number of ether oxygens (including phenoxy) is 3. The van der Waals surface area contributed by atoms with Gasteiger partial charge in [0.05, 0.1) is 31.8 Å². The first kappa shape index (κ1) is 42.5. The van der Waals surface area contributed by atoms with Crippen LogP contribution in [0.3, 0.4) is 0 Å². The van der Waals surface area contributed by atoms with Gasteiger partial charge in [0.1, 0.15) is 18.3 Å². The number of carbonyl (C=O) groups excluding carboxylic acids is 3. The predicted molar refractivity (Wildman–Crippen MR) is 242 cm³/mol. The molecule has 4 atom stereocenters. The average Bonchev–Trinajstić information content (AvgIpc) is 3.90. The molecule has 11 nitrogen and oxygen atoms in total. The number of rotatable bonds is 14. The van der Waals surface area contributed by atoms with Gasteiger partial charge in [0.2, 0.25) is 5.91 Å². The van der Waals surface area contributed by atoms with Crippen LogP contribution in [0.15, 0.2) is 173 Å². The van der Waals surface area contributed by atoms with Crippen LogP contribution in [0.5, 0.6) is 0 Å². The highest BCUT2D eigenvalue weighted by Gasteiger charge is 2.40. The Labute approximate surface area is 375 Å². The first-order valence-electron chi connectivity index (χ1n) is 21.1. The van der Waals surface area contributed by atoms with Crippen molar-refractivity contribution in [2.24, 2.45) is 0 Å². The highest BCUT2D eigenvalue weighted by atomic mass is 32.2. The maximum Gasteiger partial charge on any atom is 0.408 e. The summed E-state index contributed by atoms with van der Waals surface area (Å²) < 4.78 is 25.2. The molecule has 0 bridgehead atoms. The minimum atomic E-state index is -1.00. The quantitative estimate of drug-likeness (QED) is 0.0802. The van der Waals surface area contributed by atoms with Crippen molar-refractivity contribution in [1.82, 2.24) is 15.2 Å². The Bertz CT molecular complexity index is 2660. The first-order valence-corrected chi connectivity index (χ1v) is 22.1. The molecule has 4 unspecified atom stereocenters. The number of aromatic nitrogens is 1. The minimum absolute atomic E-state index is 0.0493. The molecule has 3 amide bonds. The van der Waals surface area contributed by atoms with E-state index in [-0.39, 0.29) is 44.3 Å². The van der Waals surface area contributed by atoms with E-state index in [4.69, 9.17) is 23.6 Å². The monoisotopic (exact) mass is 871 g/mol. The van der Waals surface area contributed by atoms with E-state index in [1.807, 2.05) is 164 Å². The number of hydrogen-bond acceptors (Lipinski definition) is 10. The summed E-state index contributed by atoms with van der Waals surface area (Å²) in [6.45, 7) is 0.0522. The van der Waals surface area contributed by atoms with E-state index in [1.165, 1.54) is 16.7 Å². The number of benzene rings is 6. The molecule has 2 N–H and O–H groups in total. The number of amides is 3. The maximum atomic E-state index is 13.3. The highest BCUT2D eigenvalue weighted by Crippen LogP contribution is 2.42. The van der Waals surface area contributed by atoms with Crippen molar-refractivity contribution >= 4 is 29.7 Å². The molecule has 1 aromatic heterocycles. The Hall–Kier alpha value is -6.83. The molecule has 2 aliphatic rings. The summed E-state index contributed by atoms with van der Waals surface area (Å²) in [4.78, 5) is 45.0. The number of alkyl carbamates (subject to hydrolysis) is 1. The van der Waals surface area contributed by atoms with Crippen LogP contribution in [0.25, 0.3) is 33.7 Å². The van der Waals surface area contributed by atoms with E-state index in [1.54, 1.807) is 0 Å². The zero-order valence-electron chi connectivity index (χ0n) is 34.7. The Morgan fingerprint density at radius 3 is 2.11 bits per heavy atom. The SMILES string of the molecule is O=C(NC1CC(=O)N(Cc2cccc(-c3cccc(C4OC(CSc5nc(-c6ccccc6)c(-c6ccccc6)o5)CC(c5ccc(CO)cc5)O4)c3)c2)C1=O)OCc1ccccc1. The standard InChI is InChI=1S/C52H45N3O8S/c56-31-34-22-24-37(25-23-34)45-28-43(33-64-52-54-47(38-15-6-2-7-16-38)48(63-52)39-17-8-3-9-18-39)61-50(62-45)42-21-11-20-41(27-42)40-19-10-14-36(26-40)30-55-46(57)29-44(49(55)58)53-51(59)60-32-35-12-4-1-5-13-35/h1-27,43-45,50,56H,28-33H2,(H,53,59). The Morgan fingerprint density at radius 2 is 1.38 bits per heavy atom. The van der Waals surface area contributed by atoms with Crippen LogP contribution < -0.4 is 5.32 Å². The molecule has 2 saturated heterocycles. The molecule has 3 heterocycles. The number of likely N-dealkylation sites (tertiary alicyclic amines) is 1. The first-order chi connectivity index (χ1) is 31.4. The molecule has 0 radical (unpaired) electrons. The van der Waals surface area contributed by atoms with Gasteiger partial charge in [-0.1, -0.05) is 163 Å². The third kappa shape index (κ3) is 10.0. The van der Waals surface area contributed by atoms with Gasteiger partial charge in [0, 0.05) is 28.9 Å². The fourth-order valence-corrected chi connectivity index (χ4v) is 8.73.